The summed E-state index contributed by atoms with van der Waals surface area (Å²) in [6.45, 7) is 4.85. The van der Waals surface area contributed by atoms with E-state index in [2.05, 4.69) is 19.2 Å². The van der Waals surface area contributed by atoms with Gasteiger partial charge in [0.05, 0.1) is 0 Å². The van der Waals surface area contributed by atoms with Crippen LogP contribution < -0.4 is 15.8 Å². The second-order valence-corrected chi connectivity index (χ2v) is 5.63. The summed E-state index contributed by atoms with van der Waals surface area (Å²) < 4.78 is 5.36. The maximum atomic E-state index is 11.7. The molecule has 1 amide bonds. The Morgan fingerprint density at radius 1 is 1.35 bits per heavy atom. The van der Waals surface area contributed by atoms with Crippen molar-refractivity contribution >= 4 is 11.6 Å². The quantitative estimate of drug-likeness (QED) is 0.631. The van der Waals surface area contributed by atoms with Gasteiger partial charge in [0.1, 0.15) is 5.75 Å². The number of benzene rings is 1. The topological polar surface area (TPSA) is 84.6 Å². The number of rotatable bonds is 8. The molecule has 0 aliphatic carbocycles. The number of nitrogens with two attached hydrogens (primary N) is 1. The van der Waals surface area contributed by atoms with Crippen molar-refractivity contribution in [2.45, 2.75) is 26.7 Å². The second-order valence-electron chi connectivity index (χ2n) is 5.63. The lowest BCUT2D eigenvalue weighted by Crippen LogP contribution is -2.36. The molecule has 0 aromatic heterocycles. The van der Waals surface area contributed by atoms with Crippen molar-refractivity contribution in [1.29, 1.82) is 0 Å². The minimum absolute atomic E-state index is 0.0139. The lowest BCUT2D eigenvalue weighted by Gasteiger charge is -2.24. The number of nitrogens with one attached hydrogen (secondary N) is 1. The summed E-state index contributed by atoms with van der Waals surface area (Å²) in [6, 6.07) is 6.91. The molecule has 1 rings (SSSR count). The number of anilines is 1. The summed E-state index contributed by atoms with van der Waals surface area (Å²) in [7, 11) is 0. The predicted octanol–water partition coefficient (Wildman–Crippen LogP) is 1.56. The molecule has 0 saturated heterocycles. The van der Waals surface area contributed by atoms with Crippen LogP contribution in [0.3, 0.4) is 0 Å². The van der Waals surface area contributed by atoms with Gasteiger partial charge in [-0.05, 0) is 42.5 Å². The molecule has 0 radical (unpaired) electrons. The van der Waals surface area contributed by atoms with Crippen LogP contribution in [0.1, 0.15) is 26.7 Å². The highest BCUT2D eigenvalue weighted by atomic mass is 16.5. The van der Waals surface area contributed by atoms with Crippen LogP contribution in [-0.2, 0) is 4.79 Å². The number of carbonyl (C=O) groups excluding carboxylic acids is 1. The standard InChI is InChI=1S/C15H24N2O3/c1-15(2,8-3-9-18)11-17-14(19)10-20-13-6-4-12(16)5-7-13/h4-7,18H,3,8-11,16H2,1-2H3,(H,17,19). The van der Waals surface area contributed by atoms with Crippen LogP contribution in [0.15, 0.2) is 24.3 Å². The van der Waals surface area contributed by atoms with Crippen molar-refractivity contribution in [3.63, 3.8) is 0 Å². The van der Waals surface area contributed by atoms with Gasteiger partial charge < -0.3 is 20.9 Å². The van der Waals surface area contributed by atoms with E-state index in [1.807, 2.05) is 0 Å². The Labute approximate surface area is 120 Å². The van der Waals surface area contributed by atoms with Crippen molar-refractivity contribution in [2.24, 2.45) is 5.41 Å². The fourth-order valence-corrected chi connectivity index (χ4v) is 1.75. The van der Waals surface area contributed by atoms with E-state index in [1.54, 1.807) is 24.3 Å². The molecule has 0 fully saturated rings. The molecule has 5 nitrogen and oxygen atoms in total. The zero-order chi connectivity index (χ0) is 15.0. The minimum atomic E-state index is -0.154. The van der Waals surface area contributed by atoms with Gasteiger partial charge in [-0.15, -0.1) is 0 Å². The van der Waals surface area contributed by atoms with Gasteiger partial charge in [-0.3, -0.25) is 4.79 Å². The second kappa shape index (κ2) is 7.75. The van der Waals surface area contributed by atoms with Gasteiger partial charge in [0.25, 0.3) is 5.91 Å². The third-order valence-electron chi connectivity index (χ3n) is 3.03. The molecule has 112 valence electrons. The van der Waals surface area contributed by atoms with Crippen molar-refractivity contribution in [3.05, 3.63) is 24.3 Å². The maximum absolute atomic E-state index is 11.7. The van der Waals surface area contributed by atoms with Crippen LogP contribution in [0.25, 0.3) is 0 Å². The summed E-state index contributed by atoms with van der Waals surface area (Å²) in [5.74, 6) is 0.466. The first kappa shape index (κ1) is 16.3. The Morgan fingerprint density at radius 3 is 2.60 bits per heavy atom. The van der Waals surface area contributed by atoms with Crippen LogP contribution in [-0.4, -0.2) is 30.8 Å². The summed E-state index contributed by atoms with van der Waals surface area (Å²) in [4.78, 5) is 11.7. The highest BCUT2D eigenvalue weighted by Crippen LogP contribution is 2.20. The van der Waals surface area contributed by atoms with E-state index in [-0.39, 0.29) is 24.5 Å². The number of hydrogen-bond donors (Lipinski definition) is 3. The van der Waals surface area contributed by atoms with Gasteiger partial charge in [-0.25, -0.2) is 0 Å². The van der Waals surface area contributed by atoms with E-state index in [9.17, 15) is 4.79 Å². The number of carbonyl (C=O) groups is 1. The minimum Gasteiger partial charge on any atom is -0.484 e. The monoisotopic (exact) mass is 280 g/mol. The van der Waals surface area contributed by atoms with Gasteiger partial charge in [-0.2, -0.15) is 0 Å². The molecule has 1 aromatic carbocycles. The van der Waals surface area contributed by atoms with E-state index in [0.717, 1.165) is 12.8 Å². The van der Waals surface area contributed by atoms with Gasteiger partial charge in [0.15, 0.2) is 6.61 Å². The maximum Gasteiger partial charge on any atom is 0.257 e. The van der Waals surface area contributed by atoms with Crippen LogP contribution in [0.5, 0.6) is 5.75 Å². The van der Waals surface area contributed by atoms with Gasteiger partial charge in [0, 0.05) is 18.8 Å². The summed E-state index contributed by atoms with van der Waals surface area (Å²) in [5, 5.41) is 11.7. The van der Waals surface area contributed by atoms with E-state index in [1.165, 1.54) is 0 Å². The third-order valence-corrected chi connectivity index (χ3v) is 3.03. The number of hydrogen-bond acceptors (Lipinski definition) is 4. The Kier molecular flexibility index (Phi) is 6.31. The molecular formula is C15H24N2O3. The van der Waals surface area contributed by atoms with E-state index in [4.69, 9.17) is 15.6 Å². The van der Waals surface area contributed by atoms with E-state index < -0.39 is 0 Å². The largest absolute Gasteiger partial charge is 0.484 e. The number of nitrogen functional groups attached to an aromatic ring is 1. The van der Waals surface area contributed by atoms with E-state index >= 15 is 0 Å². The van der Waals surface area contributed by atoms with Gasteiger partial charge in [0.2, 0.25) is 0 Å². The molecule has 0 unspecified atom stereocenters. The van der Waals surface area contributed by atoms with Crippen LogP contribution in [0.2, 0.25) is 0 Å². The van der Waals surface area contributed by atoms with Crippen LogP contribution in [0.4, 0.5) is 5.69 Å². The predicted molar refractivity (Wildman–Crippen MR) is 79.5 cm³/mol. The average molecular weight is 280 g/mol. The number of ether oxygens (including phenoxy) is 1. The first-order valence-corrected chi connectivity index (χ1v) is 6.79. The molecule has 5 heteroatoms. The zero-order valence-electron chi connectivity index (χ0n) is 12.2. The van der Waals surface area contributed by atoms with Gasteiger partial charge in [-0.1, -0.05) is 13.8 Å². The Balaban J connectivity index is 2.28. The first-order valence-electron chi connectivity index (χ1n) is 6.79. The molecule has 0 aliphatic rings. The molecule has 0 bridgehead atoms. The summed E-state index contributed by atoms with van der Waals surface area (Å²) >= 11 is 0. The third kappa shape index (κ3) is 6.43. The smallest absolute Gasteiger partial charge is 0.257 e. The number of aliphatic hydroxyl groups excluding tert-OH is 1. The SMILES string of the molecule is CC(C)(CCCO)CNC(=O)COc1ccc(N)cc1. The van der Waals surface area contributed by atoms with Crippen molar-refractivity contribution in [3.8, 4) is 5.75 Å². The zero-order valence-corrected chi connectivity index (χ0v) is 12.2. The fourth-order valence-electron chi connectivity index (χ4n) is 1.75. The van der Waals surface area contributed by atoms with Crippen LogP contribution >= 0.6 is 0 Å². The van der Waals surface area contributed by atoms with E-state index in [0.29, 0.717) is 18.0 Å². The molecule has 1 aromatic rings. The molecular weight excluding hydrogens is 256 g/mol. The van der Waals surface area contributed by atoms with Crippen molar-refractivity contribution in [2.75, 3.05) is 25.5 Å². The lowest BCUT2D eigenvalue weighted by atomic mass is 9.88. The molecule has 0 saturated carbocycles. The normalized spacial score (nSPS) is 11.2. The lowest BCUT2D eigenvalue weighted by molar-refractivity contribution is -0.123. The molecule has 0 aliphatic heterocycles. The van der Waals surface area contributed by atoms with Gasteiger partial charge >= 0.3 is 0 Å². The molecule has 0 heterocycles. The Bertz CT molecular complexity index is 416. The average Bonchev–Trinajstić information content (AvgIpc) is 2.42. The Hall–Kier alpha value is -1.75. The molecule has 4 N–H and O–H groups in total. The molecule has 20 heavy (non-hydrogen) atoms. The number of amides is 1. The summed E-state index contributed by atoms with van der Waals surface area (Å²) in [5.41, 5.74) is 6.20. The highest BCUT2D eigenvalue weighted by Gasteiger charge is 2.18. The molecule has 0 spiro atoms. The molecule has 0 atom stereocenters. The van der Waals surface area contributed by atoms with Crippen LogP contribution in [0, 0.1) is 5.41 Å². The Morgan fingerprint density at radius 2 is 2.00 bits per heavy atom. The highest BCUT2D eigenvalue weighted by molar-refractivity contribution is 5.77. The van der Waals surface area contributed by atoms with Crippen molar-refractivity contribution < 1.29 is 14.6 Å². The van der Waals surface area contributed by atoms with Crippen molar-refractivity contribution in [1.82, 2.24) is 5.32 Å². The summed E-state index contributed by atoms with van der Waals surface area (Å²) in [6.07, 6.45) is 1.60. The fraction of sp³-hybridized carbons (Fsp3) is 0.533. The number of aliphatic hydroxyl groups is 1. The first-order chi connectivity index (χ1) is 9.43.